The predicted octanol–water partition coefficient (Wildman–Crippen LogP) is 4.23. The van der Waals surface area contributed by atoms with Crippen molar-refractivity contribution in [2.24, 2.45) is 0 Å². The molecule has 0 heterocycles. The quantitative estimate of drug-likeness (QED) is 0.879. The van der Waals surface area contributed by atoms with Gasteiger partial charge in [-0.2, -0.15) is 0 Å². The van der Waals surface area contributed by atoms with Crippen LogP contribution in [0.4, 0.5) is 0 Å². The van der Waals surface area contributed by atoms with Gasteiger partial charge >= 0.3 is 0 Å². The smallest absolute Gasteiger partial charge is 0.251 e. The molecule has 2 nitrogen and oxygen atoms in total. The lowest BCUT2D eigenvalue weighted by molar-refractivity contribution is 0.0942. The van der Waals surface area contributed by atoms with Gasteiger partial charge in [-0.05, 0) is 63.3 Å². The van der Waals surface area contributed by atoms with E-state index in [-0.39, 0.29) is 11.9 Å². The van der Waals surface area contributed by atoms with Gasteiger partial charge in [-0.1, -0.05) is 42.0 Å². The summed E-state index contributed by atoms with van der Waals surface area (Å²) in [5, 5.41) is 2.97. The molecule has 0 unspecified atom stereocenters. The van der Waals surface area contributed by atoms with Gasteiger partial charge in [0.15, 0.2) is 0 Å². The SMILES string of the molecule is Cc1ccc(CCc2cccc(C(=O)NC(C)C)c2C)cc1. The van der Waals surface area contributed by atoms with Gasteiger partial charge in [-0.25, -0.2) is 0 Å². The van der Waals surface area contributed by atoms with Crippen LogP contribution in [0.15, 0.2) is 42.5 Å². The van der Waals surface area contributed by atoms with E-state index in [9.17, 15) is 4.79 Å². The average molecular weight is 295 g/mol. The lowest BCUT2D eigenvalue weighted by Gasteiger charge is -2.13. The van der Waals surface area contributed by atoms with Gasteiger partial charge in [0.1, 0.15) is 0 Å². The minimum Gasteiger partial charge on any atom is -0.350 e. The molecule has 0 atom stereocenters. The van der Waals surface area contributed by atoms with Crippen LogP contribution < -0.4 is 5.32 Å². The molecule has 0 bridgehead atoms. The van der Waals surface area contributed by atoms with Crippen LogP contribution in [0.25, 0.3) is 0 Å². The lowest BCUT2D eigenvalue weighted by Crippen LogP contribution is -2.30. The first-order valence-electron chi connectivity index (χ1n) is 7.92. The van der Waals surface area contributed by atoms with Crippen molar-refractivity contribution < 1.29 is 4.79 Å². The van der Waals surface area contributed by atoms with Gasteiger partial charge in [-0.3, -0.25) is 4.79 Å². The minimum absolute atomic E-state index is 0.0182. The fraction of sp³-hybridized carbons (Fsp3) is 0.350. The Labute approximate surface area is 133 Å². The van der Waals surface area contributed by atoms with Crippen molar-refractivity contribution in [1.29, 1.82) is 0 Å². The molecule has 2 aromatic rings. The van der Waals surface area contributed by atoms with Crippen molar-refractivity contribution >= 4 is 5.91 Å². The van der Waals surface area contributed by atoms with E-state index in [4.69, 9.17) is 0 Å². The Hall–Kier alpha value is -2.09. The topological polar surface area (TPSA) is 29.1 Å². The molecular weight excluding hydrogens is 270 g/mol. The largest absolute Gasteiger partial charge is 0.350 e. The summed E-state index contributed by atoms with van der Waals surface area (Å²) in [6.07, 6.45) is 1.95. The van der Waals surface area contributed by atoms with E-state index < -0.39 is 0 Å². The third kappa shape index (κ3) is 4.20. The van der Waals surface area contributed by atoms with E-state index in [1.165, 1.54) is 16.7 Å². The molecule has 0 aromatic heterocycles. The summed E-state index contributed by atoms with van der Waals surface area (Å²) in [4.78, 5) is 12.2. The van der Waals surface area contributed by atoms with Crippen LogP contribution in [0.2, 0.25) is 0 Å². The second-order valence-corrected chi connectivity index (χ2v) is 6.20. The number of aryl methyl sites for hydroxylation is 3. The summed E-state index contributed by atoms with van der Waals surface area (Å²) >= 11 is 0. The summed E-state index contributed by atoms with van der Waals surface area (Å²) in [7, 11) is 0. The van der Waals surface area contributed by atoms with E-state index in [1.807, 2.05) is 32.9 Å². The van der Waals surface area contributed by atoms with Gasteiger partial charge in [0.05, 0.1) is 0 Å². The van der Waals surface area contributed by atoms with Crippen LogP contribution in [-0.4, -0.2) is 11.9 Å². The molecule has 1 N–H and O–H groups in total. The van der Waals surface area contributed by atoms with Crippen molar-refractivity contribution in [2.75, 3.05) is 0 Å². The molecule has 0 aliphatic carbocycles. The van der Waals surface area contributed by atoms with Gasteiger partial charge < -0.3 is 5.32 Å². The highest BCUT2D eigenvalue weighted by atomic mass is 16.1. The van der Waals surface area contributed by atoms with E-state index in [0.29, 0.717) is 0 Å². The molecule has 0 spiro atoms. The maximum atomic E-state index is 12.2. The first-order valence-corrected chi connectivity index (χ1v) is 7.92. The summed E-state index contributed by atoms with van der Waals surface area (Å²) in [6, 6.07) is 14.8. The second-order valence-electron chi connectivity index (χ2n) is 6.20. The number of carbonyl (C=O) groups is 1. The molecule has 0 fully saturated rings. The fourth-order valence-electron chi connectivity index (χ4n) is 2.57. The van der Waals surface area contributed by atoms with Gasteiger partial charge in [0.2, 0.25) is 0 Å². The monoisotopic (exact) mass is 295 g/mol. The van der Waals surface area contributed by atoms with Crippen molar-refractivity contribution in [1.82, 2.24) is 5.32 Å². The van der Waals surface area contributed by atoms with E-state index >= 15 is 0 Å². The Morgan fingerprint density at radius 1 is 1.00 bits per heavy atom. The standard InChI is InChI=1S/C20H25NO/c1-14(2)21-20(22)19-7-5-6-18(16(19)4)13-12-17-10-8-15(3)9-11-17/h5-11,14H,12-13H2,1-4H3,(H,21,22). The Kier molecular flexibility index (Phi) is 5.37. The van der Waals surface area contributed by atoms with Crippen LogP contribution in [0.1, 0.15) is 46.5 Å². The Balaban J connectivity index is 2.11. The van der Waals surface area contributed by atoms with E-state index in [2.05, 4.69) is 42.6 Å². The molecule has 2 heteroatoms. The molecule has 22 heavy (non-hydrogen) atoms. The molecule has 0 aliphatic rings. The Morgan fingerprint density at radius 3 is 2.32 bits per heavy atom. The Morgan fingerprint density at radius 2 is 1.68 bits per heavy atom. The third-order valence-electron chi connectivity index (χ3n) is 3.91. The van der Waals surface area contributed by atoms with Crippen LogP contribution in [0.5, 0.6) is 0 Å². The molecule has 0 saturated heterocycles. The van der Waals surface area contributed by atoms with Crippen molar-refractivity contribution in [2.45, 2.75) is 46.6 Å². The minimum atomic E-state index is 0.0182. The van der Waals surface area contributed by atoms with Crippen LogP contribution in [-0.2, 0) is 12.8 Å². The van der Waals surface area contributed by atoms with E-state index in [0.717, 1.165) is 24.0 Å². The summed E-state index contributed by atoms with van der Waals surface area (Å²) in [5.74, 6) is 0.0182. The summed E-state index contributed by atoms with van der Waals surface area (Å²) < 4.78 is 0. The normalized spacial score (nSPS) is 10.8. The molecule has 116 valence electrons. The molecule has 2 rings (SSSR count). The van der Waals surface area contributed by atoms with E-state index in [1.54, 1.807) is 0 Å². The van der Waals surface area contributed by atoms with Crippen LogP contribution >= 0.6 is 0 Å². The number of rotatable bonds is 5. The number of hydrogen-bond acceptors (Lipinski definition) is 1. The highest BCUT2D eigenvalue weighted by Crippen LogP contribution is 2.17. The van der Waals surface area contributed by atoms with Crippen molar-refractivity contribution in [3.63, 3.8) is 0 Å². The zero-order chi connectivity index (χ0) is 16.1. The maximum absolute atomic E-state index is 12.2. The highest BCUT2D eigenvalue weighted by Gasteiger charge is 2.12. The first kappa shape index (κ1) is 16.3. The number of benzene rings is 2. The second kappa shape index (κ2) is 7.26. The molecule has 0 radical (unpaired) electrons. The number of amides is 1. The van der Waals surface area contributed by atoms with Gasteiger partial charge in [0.25, 0.3) is 5.91 Å². The fourth-order valence-corrected chi connectivity index (χ4v) is 2.57. The highest BCUT2D eigenvalue weighted by molar-refractivity contribution is 5.96. The molecule has 1 amide bonds. The van der Waals surface area contributed by atoms with Crippen LogP contribution in [0.3, 0.4) is 0 Å². The Bertz CT molecular complexity index is 641. The zero-order valence-electron chi connectivity index (χ0n) is 13.9. The van der Waals surface area contributed by atoms with Crippen molar-refractivity contribution in [3.05, 3.63) is 70.3 Å². The average Bonchev–Trinajstić information content (AvgIpc) is 2.47. The maximum Gasteiger partial charge on any atom is 0.251 e. The third-order valence-corrected chi connectivity index (χ3v) is 3.91. The zero-order valence-corrected chi connectivity index (χ0v) is 13.9. The summed E-state index contributed by atoms with van der Waals surface area (Å²) in [5.41, 5.74) is 5.74. The molecule has 0 saturated carbocycles. The summed E-state index contributed by atoms with van der Waals surface area (Å²) in [6.45, 7) is 8.10. The van der Waals surface area contributed by atoms with Crippen molar-refractivity contribution in [3.8, 4) is 0 Å². The van der Waals surface area contributed by atoms with Crippen LogP contribution in [0, 0.1) is 13.8 Å². The first-order chi connectivity index (χ1) is 10.5. The predicted molar refractivity (Wildman–Crippen MR) is 92.4 cm³/mol. The van der Waals surface area contributed by atoms with Gasteiger partial charge in [0, 0.05) is 11.6 Å². The molecular formula is C20H25NO. The number of nitrogens with one attached hydrogen (secondary N) is 1. The number of carbonyl (C=O) groups excluding carboxylic acids is 1. The molecule has 0 aliphatic heterocycles. The molecule has 2 aromatic carbocycles. The number of hydrogen-bond donors (Lipinski definition) is 1. The van der Waals surface area contributed by atoms with Gasteiger partial charge in [-0.15, -0.1) is 0 Å². The lowest BCUT2D eigenvalue weighted by atomic mass is 9.96.